The van der Waals surface area contributed by atoms with Crippen LogP contribution in [0.3, 0.4) is 0 Å². The van der Waals surface area contributed by atoms with E-state index in [1.54, 1.807) is 25.1 Å². The van der Waals surface area contributed by atoms with Crippen LogP contribution < -0.4 is 0 Å². The lowest BCUT2D eigenvalue weighted by Crippen LogP contribution is -2.29. The van der Waals surface area contributed by atoms with Crippen LogP contribution in [0.5, 0.6) is 0 Å². The van der Waals surface area contributed by atoms with Gasteiger partial charge in [-0.25, -0.2) is 0 Å². The second-order valence-electron chi connectivity index (χ2n) is 5.34. The molecule has 0 atom stereocenters. The van der Waals surface area contributed by atoms with Crippen molar-refractivity contribution in [2.24, 2.45) is 4.40 Å². The third-order valence-corrected chi connectivity index (χ3v) is 6.76. The van der Waals surface area contributed by atoms with E-state index in [0.717, 1.165) is 22.2 Å². The Balaban J connectivity index is 1.96. The average Bonchev–Trinajstić information content (AvgIpc) is 3.17. The molecular weight excluding hydrogens is 376 g/mol. The summed E-state index contributed by atoms with van der Waals surface area (Å²) in [5.41, 5.74) is 0.966. The maximum atomic E-state index is 12.5. The molecule has 0 N–H and O–H groups in total. The van der Waals surface area contributed by atoms with Gasteiger partial charge in [-0.3, -0.25) is 9.69 Å². The molecular formula is C17H16N2O3S3. The van der Waals surface area contributed by atoms with E-state index in [0.29, 0.717) is 11.4 Å². The smallest absolute Gasteiger partial charge is 0.284 e. The van der Waals surface area contributed by atoms with E-state index in [-0.39, 0.29) is 16.0 Å². The molecule has 1 aromatic heterocycles. The fourth-order valence-corrected chi connectivity index (χ4v) is 5.19. The number of amides is 1. The van der Waals surface area contributed by atoms with Crippen molar-refractivity contribution >= 4 is 50.3 Å². The molecule has 5 nitrogen and oxygen atoms in total. The summed E-state index contributed by atoms with van der Waals surface area (Å²) in [4.78, 5) is 15.4. The Bertz CT molecular complexity index is 944. The number of hydrogen-bond acceptors (Lipinski definition) is 5. The molecule has 0 saturated carbocycles. The molecule has 0 aliphatic carbocycles. The number of aryl methyl sites for hydroxylation is 1. The molecule has 1 saturated heterocycles. The van der Waals surface area contributed by atoms with Crippen LogP contribution in [-0.4, -0.2) is 30.9 Å². The number of carbonyl (C=O) groups excluding carboxylic acids is 1. The van der Waals surface area contributed by atoms with E-state index >= 15 is 0 Å². The molecule has 130 valence electrons. The summed E-state index contributed by atoms with van der Waals surface area (Å²) >= 11 is 2.60. The minimum Gasteiger partial charge on any atom is -0.286 e. The summed E-state index contributed by atoms with van der Waals surface area (Å²) in [5.74, 6) is -0.223. The van der Waals surface area contributed by atoms with Crippen molar-refractivity contribution in [3.63, 3.8) is 0 Å². The van der Waals surface area contributed by atoms with Crippen LogP contribution in [0, 0.1) is 6.92 Å². The van der Waals surface area contributed by atoms with Crippen molar-refractivity contribution in [1.82, 2.24) is 4.90 Å². The monoisotopic (exact) mass is 392 g/mol. The Kier molecular flexibility index (Phi) is 5.12. The third-order valence-electron chi connectivity index (χ3n) is 3.54. The second kappa shape index (κ2) is 7.15. The zero-order valence-electron chi connectivity index (χ0n) is 13.7. The molecule has 1 aliphatic heterocycles. The van der Waals surface area contributed by atoms with Crippen molar-refractivity contribution in [2.75, 3.05) is 6.54 Å². The van der Waals surface area contributed by atoms with Crippen LogP contribution in [0.15, 0.2) is 56.0 Å². The number of amidine groups is 1. The zero-order valence-corrected chi connectivity index (χ0v) is 16.1. The maximum Gasteiger partial charge on any atom is 0.284 e. The van der Waals surface area contributed by atoms with Crippen molar-refractivity contribution in [3.05, 3.63) is 57.1 Å². The Morgan fingerprint density at radius 1 is 1.20 bits per heavy atom. The van der Waals surface area contributed by atoms with Gasteiger partial charge in [-0.1, -0.05) is 23.8 Å². The van der Waals surface area contributed by atoms with E-state index in [2.05, 4.69) is 4.40 Å². The fraction of sp³-hybridized carbons (Fsp3) is 0.176. The van der Waals surface area contributed by atoms with Gasteiger partial charge in [0.25, 0.3) is 15.9 Å². The van der Waals surface area contributed by atoms with Gasteiger partial charge in [0.1, 0.15) is 0 Å². The first-order chi connectivity index (χ1) is 11.9. The van der Waals surface area contributed by atoms with Gasteiger partial charge in [0.15, 0.2) is 5.17 Å². The molecule has 2 heterocycles. The standard InChI is InChI=1S/C17H16N2O3S3/c1-3-19-16(20)15(11-13-5-4-10-23-13)24-17(19)18-25(21,22)14-8-6-12(2)7-9-14/h4-11H,3H2,1-2H3/b15-11-,18-17-. The third kappa shape index (κ3) is 3.86. The van der Waals surface area contributed by atoms with Gasteiger partial charge < -0.3 is 0 Å². The zero-order chi connectivity index (χ0) is 18.0. The lowest BCUT2D eigenvalue weighted by molar-refractivity contribution is -0.122. The highest BCUT2D eigenvalue weighted by molar-refractivity contribution is 8.19. The normalized spacial score (nSPS) is 18.5. The number of thiophene rings is 1. The summed E-state index contributed by atoms with van der Waals surface area (Å²) in [6.07, 6.45) is 1.77. The highest BCUT2D eigenvalue weighted by atomic mass is 32.2. The van der Waals surface area contributed by atoms with Crippen molar-refractivity contribution in [2.45, 2.75) is 18.7 Å². The molecule has 8 heteroatoms. The summed E-state index contributed by atoms with van der Waals surface area (Å²) in [7, 11) is -3.86. The van der Waals surface area contributed by atoms with Crippen LogP contribution >= 0.6 is 23.1 Å². The quantitative estimate of drug-likeness (QED) is 0.744. The molecule has 1 amide bonds. The molecule has 0 unspecified atom stereocenters. The second-order valence-corrected chi connectivity index (χ2v) is 8.93. The molecule has 0 bridgehead atoms. The lowest BCUT2D eigenvalue weighted by atomic mass is 10.2. The van der Waals surface area contributed by atoms with Crippen LogP contribution in [0.25, 0.3) is 6.08 Å². The van der Waals surface area contributed by atoms with Gasteiger partial charge in [-0.2, -0.15) is 8.42 Å². The van der Waals surface area contributed by atoms with Gasteiger partial charge >= 0.3 is 0 Å². The minimum absolute atomic E-state index is 0.116. The molecule has 1 aliphatic rings. The van der Waals surface area contributed by atoms with Crippen LogP contribution in [0.1, 0.15) is 17.4 Å². The highest BCUT2D eigenvalue weighted by Crippen LogP contribution is 2.34. The number of hydrogen-bond donors (Lipinski definition) is 0. The Hall–Kier alpha value is -1.90. The molecule has 0 radical (unpaired) electrons. The van der Waals surface area contributed by atoms with E-state index < -0.39 is 10.0 Å². The first-order valence-corrected chi connectivity index (χ1v) is 10.7. The van der Waals surface area contributed by atoms with Crippen LogP contribution in [0.2, 0.25) is 0 Å². The van der Waals surface area contributed by atoms with Crippen molar-refractivity contribution in [3.8, 4) is 0 Å². The van der Waals surface area contributed by atoms with Gasteiger partial charge in [0.2, 0.25) is 0 Å². The molecule has 1 fully saturated rings. The predicted molar refractivity (Wildman–Crippen MR) is 103 cm³/mol. The molecule has 1 aromatic carbocycles. The van der Waals surface area contributed by atoms with E-state index in [1.807, 2.05) is 24.4 Å². The van der Waals surface area contributed by atoms with Gasteiger partial charge in [-0.15, -0.1) is 15.7 Å². The summed E-state index contributed by atoms with van der Waals surface area (Å²) in [5, 5.41) is 2.11. The van der Waals surface area contributed by atoms with Gasteiger partial charge in [0, 0.05) is 11.4 Å². The van der Waals surface area contributed by atoms with Crippen molar-refractivity contribution < 1.29 is 13.2 Å². The van der Waals surface area contributed by atoms with E-state index in [4.69, 9.17) is 0 Å². The topological polar surface area (TPSA) is 66.8 Å². The first kappa shape index (κ1) is 17.9. The first-order valence-electron chi connectivity index (χ1n) is 7.57. The molecule has 3 rings (SSSR count). The van der Waals surface area contributed by atoms with E-state index in [9.17, 15) is 13.2 Å². The van der Waals surface area contributed by atoms with Gasteiger partial charge in [0.05, 0.1) is 9.80 Å². The molecule has 2 aromatic rings. The Morgan fingerprint density at radius 2 is 1.92 bits per heavy atom. The summed E-state index contributed by atoms with van der Waals surface area (Å²) in [6, 6.07) is 10.3. The maximum absolute atomic E-state index is 12.5. The largest absolute Gasteiger partial charge is 0.286 e. The number of likely N-dealkylation sites (N-methyl/N-ethyl adjacent to an activating group) is 1. The number of rotatable bonds is 4. The number of nitrogens with zero attached hydrogens (tertiary/aromatic N) is 2. The fourth-order valence-electron chi connectivity index (χ4n) is 2.22. The minimum atomic E-state index is -3.86. The Labute approximate surface area is 155 Å². The van der Waals surface area contributed by atoms with Crippen LogP contribution in [-0.2, 0) is 14.8 Å². The highest BCUT2D eigenvalue weighted by Gasteiger charge is 2.34. The SMILES string of the molecule is CCN1C(=O)/C(=C/c2cccs2)S/C1=N\S(=O)(=O)c1ccc(C)cc1. The summed E-state index contributed by atoms with van der Waals surface area (Å²) in [6.45, 7) is 4.03. The lowest BCUT2D eigenvalue weighted by Gasteiger charge is -2.11. The Morgan fingerprint density at radius 3 is 2.52 bits per heavy atom. The van der Waals surface area contributed by atoms with E-state index in [1.165, 1.54) is 28.4 Å². The number of carbonyl (C=O) groups is 1. The molecule has 0 spiro atoms. The van der Waals surface area contributed by atoms with Gasteiger partial charge in [-0.05, 0) is 55.3 Å². The number of sulfonamides is 1. The van der Waals surface area contributed by atoms with Crippen LogP contribution in [0.4, 0.5) is 0 Å². The average molecular weight is 393 g/mol. The number of thioether (sulfide) groups is 1. The van der Waals surface area contributed by atoms with Crippen molar-refractivity contribution in [1.29, 1.82) is 0 Å². The predicted octanol–water partition coefficient (Wildman–Crippen LogP) is 3.74. The number of benzene rings is 1. The molecule has 25 heavy (non-hydrogen) atoms. The summed E-state index contributed by atoms with van der Waals surface area (Å²) < 4.78 is 29.0.